The van der Waals surface area contributed by atoms with Crippen LogP contribution in [0.15, 0.2) is 19.7 Å². The maximum atomic E-state index is 9.50. The molecule has 0 atom stereocenters. The number of rotatable bonds is 2. The van der Waals surface area contributed by atoms with Gasteiger partial charge in [-0.1, -0.05) is 0 Å². The van der Waals surface area contributed by atoms with E-state index >= 15 is 0 Å². The first-order valence-electron chi connectivity index (χ1n) is 5.55. The van der Waals surface area contributed by atoms with Gasteiger partial charge in [0.05, 0.1) is 18.7 Å². The van der Waals surface area contributed by atoms with Gasteiger partial charge in [0.15, 0.2) is 0 Å². The smallest absolute Gasteiger partial charge is 0.101 e. The molecule has 0 saturated heterocycles. The van der Waals surface area contributed by atoms with Gasteiger partial charge in [0, 0.05) is 20.9 Å². The second-order valence-corrected chi connectivity index (χ2v) is 9.29. The zero-order chi connectivity index (χ0) is 14.9. The highest BCUT2D eigenvalue weighted by Crippen LogP contribution is 2.38. The molecule has 0 aliphatic rings. The van der Waals surface area contributed by atoms with E-state index in [9.17, 15) is 10.5 Å². The van der Waals surface area contributed by atoms with Gasteiger partial charge in [0.25, 0.3) is 0 Å². The van der Waals surface area contributed by atoms with Crippen LogP contribution in [0.25, 0.3) is 11.1 Å². The number of hydrogen-bond donors (Lipinski definition) is 0. The Morgan fingerprint density at radius 3 is 1.45 bits per heavy atom. The molecule has 2 rings (SSSR count). The van der Waals surface area contributed by atoms with E-state index in [1.165, 1.54) is 0 Å². The van der Waals surface area contributed by atoms with Crippen LogP contribution in [-0.4, -0.2) is 0 Å². The van der Waals surface area contributed by atoms with Gasteiger partial charge in [-0.3, -0.25) is 0 Å². The van der Waals surface area contributed by atoms with E-state index in [2.05, 4.69) is 44.0 Å². The van der Waals surface area contributed by atoms with E-state index in [-0.39, 0.29) is 0 Å². The number of thiophene rings is 2. The highest BCUT2D eigenvalue weighted by atomic mass is 79.9. The zero-order valence-corrected chi connectivity index (χ0v) is 15.4. The molecule has 100 valence electrons. The third-order valence-electron chi connectivity index (χ3n) is 2.79. The van der Waals surface area contributed by atoms with Crippen LogP contribution < -0.4 is 0 Å². The number of halogens is 2. The van der Waals surface area contributed by atoms with Crippen molar-refractivity contribution in [1.82, 2.24) is 0 Å². The van der Waals surface area contributed by atoms with Crippen molar-refractivity contribution >= 4 is 65.7 Å². The summed E-state index contributed by atoms with van der Waals surface area (Å²) in [7, 11) is 0. The van der Waals surface area contributed by atoms with Crippen molar-refractivity contribution in [2.75, 3.05) is 0 Å². The van der Waals surface area contributed by atoms with Gasteiger partial charge in [-0.05, 0) is 57.8 Å². The monoisotopic (exact) mass is 426 g/mol. The zero-order valence-electron chi connectivity index (χ0n) is 10.6. The van der Waals surface area contributed by atoms with E-state index in [1.54, 1.807) is 22.7 Å². The number of nitrogens with zero attached hydrogens (tertiary/aromatic N) is 2. The molecule has 0 radical (unpaired) electrons. The Labute approximate surface area is 142 Å². The molecule has 0 amide bonds. The Morgan fingerprint density at radius 1 is 0.900 bits per heavy atom. The van der Waals surface area contributed by atoms with Crippen molar-refractivity contribution in [2.24, 2.45) is 0 Å². The Hall–Kier alpha value is -0.920. The molecule has 0 bridgehead atoms. The molecule has 0 spiro atoms. The van der Waals surface area contributed by atoms with Crippen LogP contribution >= 0.6 is 54.5 Å². The molecule has 0 aromatic carbocycles. The fourth-order valence-electron chi connectivity index (χ4n) is 1.89. The van der Waals surface area contributed by atoms with Crippen LogP contribution in [0, 0.1) is 36.5 Å². The largest absolute Gasteiger partial charge is 0.192 e. The number of hydrogen-bond acceptors (Lipinski definition) is 4. The van der Waals surface area contributed by atoms with E-state index in [0.29, 0.717) is 11.1 Å². The van der Waals surface area contributed by atoms with E-state index in [4.69, 9.17) is 0 Å². The second-order valence-electron chi connectivity index (χ2n) is 4.01. The van der Waals surface area contributed by atoms with Crippen LogP contribution in [-0.2, 0) is 0 Å². The topological polar surface area (TPSA) is 47.6 Å². The maximum Gasteiger partial charge on any atom is 0.101 e. The Bertz CT molecular complexity index is 719. The first kappa shape index (κ1) is 15.5. The van der Waals surface area contributed by atoms with Gasteiger partial charge in [0.1, 0.15) is 12.1 Å². The maximum absolute atomic E-state index is 9.50. The highest BCUT2D eigenvalue weighted by Gasteiger charge is 2.18. The standard InChI is InChI=1S/C14H8Br2N2S2/c1-7-9(3-13(15)19-7)11(5-17)12(6-18)10-4-14(16)20-8(10)2/h3-4H,1-2H3/b12-11+. The summed E-state index contributed by atoms with van der Waals surface area (Å²) in [6.45, 7) is 3.90. The molecule has 2 nitrogen and oxygen atoms in total. The minimum Gasteiger partial charge on any atom is -0.192 e. The molecule has 0 saturated carbocycles. The lowest BCUT2D eigenvalue weighted by Gasteiger charge is -2.03. The predicted molar refractivity (Wildman–Crippen MR) is 91.6 cm³/mol. The van der Waals surface area contributed by atoms with Gasteiger partial charge in [0.2, 0.25) is 0 Å². The number of aryl methyl sites for hydroxylation is 2. The summed E-state index contributed by atoms with van der Waals surface area (Å²) in [6, 6.07) is 8.17. The lowest BCUT2D eigenvalue weighted by molar-refractivity contribution is 1.48. The minimum atomic E-state index is 0.431. The minimum absolute atomic E-state index is 0.431. The van der Waals surface area contributed by atoms with Crippen LogP contribution in [0.3, 0.4) is 0 Å². The molecule has 2 heterocycles. The van der Waals surface area contributed by atoms with Crippen LogP contribution in [0.2, 0.25) is 0 Å². The summed E-state index contributed by atoms with van der Waals surface area (Å²) in [5, 5.41) is 19.0. The van der Waals surface area contributed by atoms with Gasteiger partial charge >= 0.3 is 0 Å². The first-order chi connectivity index (χ1) is 9.47. The van der Waals surface area contributed by atoms with Crippen molar-refractivity contribution in [3.8, 4) is 12.1 Å². The molecule has 6 heteroatoms. The molecular weight excluding hydrogens is 420 g/mol. The molecule has 0 aliphatic heterocycles. The molecule has 2 aromatic rings. The number of allylic oxidation sites excluding steroid dienone is 2. The predicted octanol–water partition coefficient (Wildman–Crippen LogP) is 5.91. The average molecular weight is 428 g/mol. The lowest BCUT2D eigenvalue weighted by Crippen LogP contribution is -1.89. The summed E-state index contributed by atoms with van der Waals surface area (Å²) >= 11 is 9.97. The molecule has 0 aliphatic carbocycles. The SMILES string of the molecule is Cc1sc(Br)cc1/C(C#N)=C(\C#N)c1cc(Br)sc1C. The fourth-order valence-corrected chi connectivity index (χ4v) is 5.28. The molecule has 20 heavy (non-hydrogen) atoms. The number of nitriles is 2. The third kappa shape index (κ3) is 2.89. The van der Waals surface area contributed by atoms with Gasteiger partial charge < -0.3 is 0 Å². The van der Waals surface area contributed by atoms with Gasteiger partial charge in [-0.2, -0.15) is 10.5 Å². The molecule has 0 fully saturated rings. The Morgan fingerprint density at radius 2 is 1.25 bits per heavy atom. The van der Waals surface area contributed by atoms with Crippen molar-refractivity contribution in [2.45, 2.75) is 13.8 Å². The summed E-state index contributed by atoms with van der Waals surface area (Å²) in [4.78, 5) is 2.04. The van der Waals surface area contributed by atoms with E-state index < -0.39 is 0 Å². The highest BCUT2D eigenvalue weighted by molar-refractivity contribution is 9.11. The molecule has 0 N–H and O–H groups in total. The first-order valence-corrected chi connectivity index (χ1v) is 8.77. The van der Waals surface area contributed by atoms with Gasteiger partial charge in [-0.15, -0.1) is 22.7 Å². The summed E-state index contributed by atoms with van der Waals surface area (Å²) in [6.07, 6.45) is 0. The van der Waals surface area contributed by atoms with Crippen LogP contribution in [0.5, 0.6) is 0 Å². The Kier molecular flexibility index (Phi) is 4.82. The van der Waals surface area contributed by atoms with Crippen molar-refractivity contribution in [3.05, 3.63) is 40.6 Å². The quantitative estimate of drug-likeness (QED) is 0.559. The molecule has 0 unspecified atom stereocenters. The molecule has 2 aromatic heterocycles. The third-order valence-corrected chi connectivity index (χ3v) is 5.89. The van der Waals surface area contributed by atoms with Crippen molar-refractivity contribution in [3.63, 3.8) is 0 Å². The Balaban J connectivity index is 2.74. The van der Waals surface area contributed by atoms with E-state index in [0.717, 1.165) is 28.5 Å². The van der Waals surface area contributed by atoms with Crippen LogP contribution in [0.4, 0.5) is 0 Å². The van der Waals surface area contributed by atoms with Crippen LogP contribution in [0.1, 0.15) is 20.9 Å². The van der Waals surface area contributed by atoms with Crippen molar-refractivity contribution < 1.29 is 0 Å². The lowest BCUT2D eigenvalue weighted by atomic mass is 9.97. The average Bonchev–Trinajstić information content (AvgIpc) is 2.88. The van der Waals surface area contributed by atoms with E-state index in [1.807, 2.05) is 26.0 Å². The van der Waals surface area contributed by atoms with Gasteiger partial charge in [-0.25, -0.2) is 0 Å². The second kappa shape index (κ2) is 6.24. The fraction of sp³-hybridized carbons (Fsp3) is 0.143. The summed E-state index contributed by atoms with van der Waals surface area (Å²) in [5.41, 5.74) is 2.51. The molecular formula is C14H8Br2N2S2. The normalized spacial score (nSPS) is 11.7. The van der Waals surface area contributed by atoms with Crippen molar-refractivity contribution in [1.29, 1.82) is 10.5 Å². The summed E-state index contributed by atoms with van der Waals surface area (Å²) < 4.78 is 1.91. The summed E-state index contributed by atoms with van der Waals surface area (Å²) in [5.74, 6) is 0.